The van der Waals surface area contributed by atoms with E-state index in [2.05, 4.69) is 5.32 Å². The molecule has 1 aromatic rings. The minimum Gasteiger partial charge on any atom is -0.375 e. The molecule has 0 radical (unpaired) electrons. The zero-order valence-corrected chi connectivity index (χ0v) is 11.3. The highest BCUT2D eigenvalue weighted by molar-refractivity contribution is 5.90. The molecule has 1 rings (SSSR count). The summed E-state index contributed by atoms with van der Waals surface area (Å²) in [5, 5.41) is 2.82. The average Bonchev–Trinajstić information content (AvgIpc) is 2.28. The van der Waals surface area contributed by atoms with Crippen molar-refractivity contribution in [2.75, 3.05) is 11.9 Å². The van der Waals surface area contributed by atoms with Crippen LogP contribution in [0.25, 0.3) is 0 Å². The van der Waals surface area contributed by atoms with E-state index < -0.39 is 0 Å². The maximum Gasteiger partial charge on any atom is 0.226 e. The lowest BCUT2D eigenvalue weighted by molar-refractivity contribution is -0.118. The number of carbonyl (C=O) groups excluding carboxylic acids is 1. The Hall–Kier alpha value is -1.39. The summed E-state index contributed by atoms with van der Waals surface area (Å²) in [4.78, 5) is 11.6. The Kier molecular flexibility index (Phi) is 5.31. The SMILES string of the molecule is CC(C)(C)OCCC(=O)Nc1ccc(CN)cc1. The van der Waals surface area contributed by atoms with Crippen LogP contribution in [0.1, 0.15) is 32.8 Å². The Morgan fingerprint density at radius 3 is 2.39 bits per heavy atom. The summed E-state index contributed by atoms with van der Waals surface area (Å²) in [5.74, 6) is -0.0419. The molecule has 1 aromatic carbocycles. The van der Waals surface area contributed by atoms with Gasteiger partial charge in [0.25, 0.3) is 0 Å². The molecule has 3 N–H and O–H groups in total. The monoisotopic (exact) mass is 250 g/mol. The molecule has 1 amide bonds. The highest BCUT2D eigenvalue weighted by Gasteiger charge is 2.11. The predicted molar refractivity (Wildman–Crippen MR) is 73.3 cm³/mol. The summed E-state index contributed by atoms with van der Waals surface area (Å²) < 4.78 is 5.50. The summed E-state index contributed by atoms with van der Waals surface area (Å²) >= 11 is 0. The molecule has 100 valence electrons. The van der Waals surface area contributed by atoms with Gasteiger partial charge in [0.05, 0.1) is 18.6 Å². The van der Waals surface area contributed by atoms with Crippen LogP contribution < -0.4 is 11.1 Å². The summed E-state index contributed by atoms with van der Waals surface area (Å²) in [6, 6.07) is 7.51. The quantitative estimate of drug-likeness (QED) is 0.842. The van der Waals surface area contributed by atoms with E-state index in [0.29, 0.717) is 19.6 Å². The van der Waals surface area contributed by atoms with Crippen molar-refractivity contribution in [1.29, 1.82) is 0 Å². The molecular formula is C14H22N2O2. The van der Waals surface area contributed by atoms with Crippen LogP contribution in [0.4, 0.5) is 5.69 Å². The molecule has 0 aliphatic heterocycles. The maximum absolute atomic E-state index is 11.6. The Labute approximate surface area is 109 Å². The van der Waals surface area contributed by atoms with Crippen molar-refractivity contribution in [1.82, 2.24) is 0 Å². The zero-order chi connectivity index (χ0) is 13.6. The molecule has 0 aliphatic carbocycles. The number of hydrogen-bond donors (Lipinski definition) is 2. The van der Waals surface area contributed by atoms with Crippen LogP contribution in [0.15, 0.2) is 24.3 Å². The molecule has 0 aliphatic rings. The van der Waals surface area contributed by atoms with Gasteiger partial charge >= 0.3 is 0 Å². The fraction of sp³-hybridized carbons (Fsp3) is 0.500. The lowest BCUT2D eigenvalue weighted by atomic mass is 10.2. The fourth-order valence-corrected chi connectivity index (χ4v) is 1.40. The van der Waals surface area contributed by atoms with Crippen molar-refractivity contribution in [3.63, 3.8) is 0 Å². The van der Waals surface area contributed by atoms with Gasteiger partial charge in [-0.25, -0.2) is 0 Å². The number of rotatable bonds is 5. The number of ether oxygens (including phenoxy) is 1. The van der Waals surface area contributed by atoms with Gasteiger partial charge in [-0.1, -0.05) is 12.1 Å². The summed E-state index contributed by atoms with van der Waals surface area (Å²) in [5.41, 5.74) is 7.13. The Morgan fingerprint density at radius 1 is 1.28 bits per heavy atom. The Balaban J connectivity index is 2.35. The van der Waals surface area contributed by atoms with Crippen molar-refractivity contribution in [2.24, 2.45) is 5.73 Å². The minimum absolute atomic E-state index is 0.0419. The summed E-state index contributed by atoms with van der Waals surface area (Å²) in [7, 11) is 0. The third-order valence-electron chi connectivity index (χ3n) is 2.34. The average molecular weight is 250 g/mol. The first kappa shape index (κ1) is 14.7. The van der Waals surface area contributed by atoms with Crippen molar-refractivity contribution in [3.8, 4) is 0 Å². The molecular weight excluding hydrogens is 228 g/mol. The van der Waals surface area contributed by atoms with E-state index >= 15 is 0 Å². The van der Waals surface area contributed by atoms with Gasteiger partial charge in [-0.05, 0) is 38.5 Å². The van der Waals surface area contributed by atoms with Gasteiger partial charge < -0.3 is 15.8 Å². The van der Waals surface area contributed by atoms with E-state index in [-0.39, 0.29) is 11.5 Å². The molecule has 0 heterocycles. The van der Waals surface area contributed by atoms with E-state index in [4.69, 9.17) is 10.5 Å². The number of anilines is 1. The smallest absolute Gasteiger partial charge is 0.226 e. The number of nitrogens with one attached hydrogen (secondary N) is 1. The molecule has 0 unspecified atom stereocenters. The molecule has 0 atom stereocenters. The second kappa shape index (κ2) is 6.52. The van der Waals surface area contributed by atoms with Crippen LogP contribution in [-0.2, 0) is 16.1 Å². The molecule has 0 fully saturated rings. The van der Waals surface area contributed by atoms with Gasteiger partial charge in [-0.15, -0.1) is 0 Å². The highest BCUT2D eigenvalue weighted by Crippen LogP contribution is 2.10. The molecule has 0 saturated carbocycles. The van der Waals surface area contributed by atoms with Crippen LogP contribution in [0.3, 0.4) is 0 Å². The normalized spacial score (nSPS) is 11.3. The standard InChI is InChI=1S/C14H22N2O2/c1-14(2,3)18-9-8-13(17)16-12-6-4-11(10-15)5-7-12/h4-7H,8-10,15H2,1-3H3,(H,16,17). The topological polar surface area (TPSA) is 64.3 Å². The fourth-order valence-electron chi connectivity index (χ4n) is 1.40. The summed E-state index contributed by atoms with van der Waals surface area (Å²) in [6.07, 6.45) is 0.357. The molecule has 0 bridgehead atoms. The van der Waals surface area contributed by atoms with Crippen molar-refractivity contribution in [2.45, 2.75) is 39.3 Å². The lowest BCUT2D eigenvalue weighted by Crippen LogP contribution is -2.22. The zero-order valence-electron chi connectivity index (χ0n) is 11.3. The van der Waals surface area contributed by atoms with E-state index in [1.165, 1.54) is 0 Å². The van der Waals surface area contributed by atoms with Crippen LogP contribution >= 0.6 is 0 Å². The minimum atomic E-state index is -0.205. The van der Waals surface area contributed by atoms with Crippen molar-refractivity contribution in [3.05, 3.63) is 29.8 Å². The van der Waals surface area contributed by atoms with Gasteiger partial charge in [0.15, 0.2) is 0 Å². The third-order valence-corrected chi connectivity index (χ3v) is 2.34. The second-order valence-electron chi connectivity index (χ2n) is 5.16. The first-order valence-corrected chi connectivity index (χ1v) is 6.13. The van der Waals surface area contributed by atoms with Gasteiger partial charge in [0.2, 0.25) is 5.91 Å². The number of benzene rings is 1. The second-order valence-corrected chi connectivity index (χ2v) is 5.16. The number of amides is 1. The van der Waals surface area contributed by atoms with E-state index in [1.807, 2.05) is 45.0 Å². The highest BCUT2D eigenvalue weighted by atomic mass is 16.5. The maximum atomic E-state index is 11.6. The molecule has 0 aromatic heterocycles. The first-order chi connectivity index (χ1) is 8.40. The lowest BCUT2D eigenvalue weighted by Gasteiger charge is -2.19. The number of carbonyl (C=O) groups is 1. The molecule has 18 heavy (non-hydrogen) atoms. The van der Waals surface area contributed by atoms with Gasteiger partial charge in [0, 0.05) is 12.2 Å². The van der Waals surface area contributed by atoms with Crippen LogP contribution in [0.2, 0.25) is 0 Å². The largest absolute Gasteiger partial charge is 0.375 e. The first-order valence-electron chi connectivity index (χ1n) is 6.13. The van der Waals surface area contributed by atoms with Crippen LogP contribution in [0, 0.1) is 0 Å². The molecule has 4 nitrogen and oxygen atoms in total. The Bertz CT molecular complexity index is 380. The van der Waals surface area contributed by atoms with Crippen molar-refractivity contribution >= 4 is 11.6 Å². The van der Waals surface area contributed by atoms with Crippen molar-refractivity contribution < 1.29 is 9.53 Å². The van der Waals surface area contributed by atoms with E-state index in [0.717, 1.165) is 11.3 Å². The van der Waals surface area contributed by atoms with E-state index in [9.17, 15) is 4.79 Å². The number of hydrogen-bond acceptors (Lipinski definition) is 3. The summed E-state index contributed by atoms with van der Waals surface area (Å²) in [6.45, 7) is 6.84. The van der Waals surface area contributed by atoms with Crippen LogP contribution in [0.5, 0.6) is 0 Å². The van der Waals surface area contributed by atoms with Gasteiger partial charge in [0.1, 0.15) is 0 Å². The third kappa shape index (κ3) is 5.80. The Morgan fingerprint density at radius 2 is 1.89 bits per heavy atom. The van der Waals surface area contributed by atoms with Gasteiger partial charge in [-0.2, -0.15) is 0 Å². The number of nitrogens with two attached hydrogens (primary N) is 1. The van der Waals surface area contributed by atoms with Gasteiger partial charge in [-0.3, -0.25) is 4.79 Å². The molecule has 4 heteroatoms. The van der Waals surface area contributed by atoms with E-state index in [1.54, 1.807) is 0 Å². The predicted octanol–water partition coefficient (Wildman–Crippen LogP) is 2.29. The van der Waals surface area contributed by atoms with Crippen LogP contribution in [-0.4, -0.2) is 18.1 Å². The molecule has 0 saturated heterocycles. The molecule has 0 spiro atoms.